The van der Waals surface area contributed by atoms with Gasteiger partial charge >= 0.3 is 41.8 Å². The molecule has 0 saturated carbocycles. The van der Waals surface area contributed by atoms with Crippen molar-refractivity contribution in [2.45, 2.75) is 0 Å². The summed E-state index contributed by atoms with van der Waals surface area (Å²) in [7, 11) is 0. The molecule has 288 valence electrons. The largest absolute Gasteiger partial charge is 0.478 e. The van der Waals surface area contributed by atoms with Gasteiger partial charge in [0.05, 0.1) is 63.7 Å². The highest BCUT2D eigenvalue weighted by molar-refractivity contribution is 5.89. The van der Waals surface area contributed by atoms with Gasteiger partial charge in [-0.25, -0.2) is 33.6 Å². The van der Waals surface area contributed by atoms with Gasteiger partial charge in [-0.15, -0.1) is 0 Å². The van der Waals surface area contributed by atoms with Gasteiger partial charge < -0.3 is 71.1 Å². The Morgan fingerprint density at radius 3 is 0.600 bits per heavy atom. The third kappa shape index (κ3) is 58.0. The zero-order valence-corrected chi connectivity index (χ0v) is 26.8. The molecule has 0 aliphatic heterocycles. The molecule has 0 spiro atoms. The molecule has 0 saturated heterocycles. The first-order valence-electron chi connectivity index (χ1n) is 12.7. The summed E-state index contributed by atoms with van der Waals surface area (Å²) in [4.78, 5) is 65.4. The maximum absolute atomic E-state index is 9.55. The topological polar surface area (TPSA) is 392 Å². The Labute approximate surface area is 285 Å². The molecular weight excluding hydrogens is 684 g/mol. The average Bonchev–Trinajstić information content (AvgIpc) is 3.09. The molecule has 0 bridgehead atoms. The zero-order valence-electron chi connectivity index (χ0n) is 26.8. The van der Waals surface area contributed by atoms with Gasteiger partial charge in [0.1, 0.15) is 0 Å². The van der Waals surface area contributed by atoms with E-state index in [1.807, 2.05) is 0 Å². The van der Waals surface area contributed by atoms with Crippen LogP contribution in [-0.4, -0.2) is 161 Å². The SMILES string of the molecule is C=CC(=O)O.C=CC(=O)O.C=CC(=O)O.C=CC(=O)O.C=CC(=O)O.O=C(O)/C=C\C(=O)O.OCC(CO)(CO)COCC(CO)(CO)CO. The summed E-state index contributed by atoms with van der Waals surface area (Å²) >= 11 is 0. The van der Waals surface area contributed by atoms with E-state index in [1.165, 1.54) is 0 Å². The first-order valence-corrected chi connectivity index (χ1v) is 12.7. The molecule has 0 aliphatic carbocycles. The number of carboxylic acids is 7. The molecule has 0 fully saturated rings. The summed E-state index contributed by atoms with van der Waals surface area (Å²) in [5, 5.41) is 108. The Hall–Kier alpha value is -5.55. The number of rotatable bonds is 17. The highest BCUT2D eigenvalue weighted by atomic mass is 16.5. The second-order valence-electron chi connectivity index (χ2n) is 8.16. The monoisotopic (exact) mass is 730 g/mol. The Morgan fingerprint density at radius 2 is 0.520 bits per heavy atom. The van der Waals surface area contributed by atoms with Crippen molar-refractivity contribution in [2.75, 3.05) is 52.9 Å². The molecule has 0 aromatic rings. The maximum Gasteiger partial charge on any atom is 0.328 e. The summed E-state index contributed by atoms with van der Waals surface area (Å²) in [6, 6.07) is 0. The first kappa shape index (κ1) is 59.8. The zero-order chi connectivity index (χ0) is 41.4. The summed E-state index contributed by atoms with van der Waals surface area (Å²) in [6.07, 6.45) is 5.28. The Balaban J connectivity index is -0.0000000943. The number of hydrogen-bond acceptors (Lipinski definition) is 14. The van der Waals surface area contributed by atoms with Crippen molar-refractivity contribution in [2.24, 2.45) is 10.8 Å². The molecule has 0 aromatic carbocycles. The first-order chi connectivity index (χ1) is 23.0. The Kier molecular flexibility index (Phi) is 49.6. The average molecular weight is 731 g/mol. The molecule has 0 aromatic heterocycles. The molecule has 0 heterocycles. The highest BCUT2D eigenvalue weighted by Crippen LogP contribution is 2.19. The van der Waals surface area contributed by atoms with Crippen molar-refractivity contribution >= 4 is 41.8 Å². The summed E-state index contributed by atoms with van der Waals surface area (Å²) in [6.45, 7) is 11.8. The molecular formula is C29H46O21. The predicted molar refractivity (Wildman–Crippen MR) is 172 cm³/mol. The summed E-state index contributed by atoms with van der Waals surface area (Å²) in [5.74, 6) is -7.42. The van der Waals surface area contributed by atoms with E-state index in [4.69, 9.17) is 71.1 Å². The fraction of sp³-hybridized carbons (Fsp3) is 0.345. The van der Waals surface area contributed by atoms with Crippen molar-refractivity contribution in [1.82, 2.24) is 0 Å². The van der Waals surface area contributed by atoms with Crippen molar-refractivity contribution in [3.8, 4) is 0 Å². The standard InChI is InChI=1S/C10H22O7.C4H4O4.5C3H4O2/c11-1-9(2-12,3-13)7-17-8-10(4-14,5-15)6-16;5-3(6)1-2-4(7)8;5*1-2-3(4)5/h11-16H,1-8H2;1-2H,(H,5,6)(H,7,8);5*2H,1H2,(H,4,5)/b;2-1-;;;;;. The normalized spacial score (nSPS) is 9.16. The number of ether oxygens (including phenoxy) is 1. The lowest BCUT2D eigenvalue weighted by Gasteiger charge is -2.31. The second kappa shape index (κ2) is 41.5. The molecule has 0 rings (SSSR count). The van der Waals surface area contributed by atoms with Crippen LogP contribution in [0.4, 0.5) is 0 Å². The lowest BCUT2D eigenvalue weighted by atomic mass is 9.91. The van der Waals surface area contributed by atoms with E-state index >= 15 is 0 Å². The number of hydrogen-bond donors (Lipinski definition) is 13. The second-order valence-corrected chi connectivity index (χ2v) is 8.16. The number of carboxylic acid groups (broad SMARTS) is 7. The van der Waals surface area contributed by atoms with Crippen molar-refractivity contribution in [1.29, 1.82) is 0 Å². The van der Waals surface area contributed by atoms with Gasteiger partial charge in [0.15, 0.2) is 0 Å². The van der Waals surface area contributed by atoms with Crippen LogP contribution in [-0.2, 0) is 38.3 Å². The van der Waals surface area contributed by atoms with Crippen LogP contribution in [0.5, 0.6) is 0 Å². The van der Waals surface area contributed by atoms with E-state index in [-0.39, 0.29) is 13.2 Å². The third-order valence-electron chi connectivity index (χ3n) is 4.07. The highest BCUT2D eigenvalue weighted by Gasteiger charge is 2.32. The minimum absolute atomic E-state index is 0.141. The van der Waals surface area contributed by atoms with Crippen molar-refractivity contribution < 1.29 is 105 Å². The molecule has 13 N–H and O–H groups in total. The molecule has 0 atom stereocenters. The van der Waals surface area contributed by atoms with Gasteiger partial charge in [0.25, 0.3) is 0 Å². The third-order valence-corrected chi connectivity index (χ3v) is 4.07. The molecule has 0 unspecified atom stereocenters. The fourth-order valence-corrected chi connectivity index (χ4v) is 1.20. The Morgan fingerprint density at radius 1 is 0.380 bits per heavy atom. The van der Waals surface area contributed by atoms with Crippen LogP contribution >= 0.6 is 0 Å². The number of aliphatic hydroxyl groups is 6. The van der Waals surface area contributed by atoms with Crippen molar-refractivity contribution in [3.05, 3.63) is 75.4 Å². The van der Waals surface area contributed by atoms with Crippen LogP contribution in [0.3, 0.4) is 0 Å². The molecule has 0 aliphatic rings. The predicted octanol–water partition coefficient (Wildman–Crippen LogP) is -2.07. The van der Waals surface area contributed by atoms with Gasteiger partial charge in [-0.05, 0) is 0 Å². The lowest BCUT2D eigenvalue weighted by molar-refractivity contribution is -0.134. The molecule has 0 amide bonds. The molecule has 21 heteroatoms. The van der Waals surface area contributed by atoms with E-state index < -0.39 is 92.3 Å². The minimum atomic E-state index is -1.26. The molecule has 21 nitrogen and oxygen atoms in total. The van der Waals surface area contributed by atoms with Crippen LogP contribution in [0.25, 0.3) is 0 Å². The van der Waals surface area contributed by atoms with Gasteiger partial charge in [-0.1, -0.05) is 32.9 Å². The van der Waals surface area contributed by atoms with E-state index in [0.717, 1.165) is 30.4 Å². The number of carbonyl (C=O) groups is 7. The minimum Gasteiger partial charge on any atom is -0.478 e. The van der Waals surface area contributed by atoms with E-state index in [9.17, 15) is 33.6 Å². The Bertz CT molecular complexity index is 896. The van der Waals surface area contributed by atoms with E-state index in [0.29, 0.717) is 12.2 Å². The quantitative estimate of drug-likeness (QED) is 0.0714. The molecule has 0 radical (unpaired) electrons. The lowest BCUT2D eigenvalue weighted by Crippen LogP contribution is -2.43. The smallest absolute Gasteiger partial charge is 0.328 e. The number of aliphatic hydroxyl groups excluding tert-OH is 6. The van der Waals surface area contributed by atoms with Gasteiger partial charge in [0.2, 0.25) is 0 Å². The van der Waals surface area contributed by atoms with E-state index in [2.05, 4.69) is 32.9 Å². The van der Waals surface area contributed by atoms with Crippen LogP contribution in [0.2, 0.25) is 0 Å². The van der Waals surface area contributed by atoms with Crippen molar-refractivity contribution in [3.63, 3.8) is 0 Å². The maximum atomic E-state index is 9.55. The van der Waals surface area contributed by atoms with Crippen LogP contribution in [0.1, 0.15) is 0 Å². The van der Waals surface area contributed by atoms with Gasteiger partial charge in [-0.3, -0.25) is 0 Å². The van der Waals surface area contributed by atoms with Crippen LogP contribution in [0.15, 0.2) is 75.4 Å². The molecule has 50 heavy (non-hydrogen) atoms. The van der Waals surface area contributed by atoms with Gasteiger partial charge in [0, 0.05) is 42.5 Å². The van der Waals surface area contributed by atoms with Crippen LogP contribution < -0.4 is 0 Å². The van der Waals surface area contributed by atoms with Crippen LogP contribution in [0, 0.1) is 10.8 Å². The fourth-order valence-electron chi connectivity index (χ4n) is 1.20. The van der Waals surface area contributed by atoms with Gasteiger partial charge in [-0.2, -0.15) is 0 Å². The van der Waals surface area contributed by atoms with E-state index in [1.54, 1.807) is 0 Å². The summed E-state index contributed by atoms with van der Waals surface area (Å²) < 4.78 is 5.15. The number of aliphatic carboxylic acids is 7. The summed E-state index contributed by atoms with van der Waals surface area (Å²) in [5.41, 5.74) is -2.32.